The number of rotatable bonds is 5. The number of carbonyl (C=O) groups is 1. The van der Waals surface area contributed by atoms with E-state index < -0.39 is 5.60 Å². The van der Waals surface area contributed by atoms with Crippen molar-refractivity contribution < 1.29 is 9.90 Å². The molecule has 1 aromatic carbocycles. The fourth-order valence-electron chi connectivity index (χ4n) is 2.24. The van der Waals surface area contributed by atoms with Gasteiger partial charge >= 0.3 is 6.03 Å². The highest BCUT2D eigenvalue weighted by Gasteiger charge is 2.19. The van der Waals surface area contributed by atoms with E-state index in [0.29, 0.717) is 6.54 Å². The summed E-state index contributed by atoms with van der Waals surface area (Å²) in [7, 11) is 1.67. The molecule has 1 heterocycles. The van der Waals surface area contributed by atoms with Gasteiger partial charge in [0.25, 0.3) is 0 Å². The highest BCUT2D eigenvalue weighted by molar-refractivity contribution is 7.15. The topological polar surface area (TPSA) is 65.5 Å². The molecule has 0 fully saturated rings. The minimum absolute atomic E-state index is 0.207. The first-order chi connectivity index (χ1) is 10.8. The van der Waals surface area contributed by atoms with Crippen LogP contribution in [0, 0.1) is 6.92 Å². The van der Waals surface area contributed by atoms with Crippen molar-refractivity contribution in [2.45, 2.75) is 32.9 Å². The zero-order valence-electron chi connectivity index (χ0n) is 14.0. The van der Waals surface area contributed by atoms with Gasteiger partial charge in [0.2, 0.25) is 0 Å². The van der Waals surface area contributed by atoms with Crippen molar-refractivity contribution in [2.24, 2.45) is 0 Å². The van der Waals surface area contributed by atoms with Crippen molar-refractivity contribution in [2.75, 3.05) is 13.6 Å². The van der Waals surface area contributed by atoms with Gasteiger partial charge in [0, 0.05) is 17.5 Å². The van der Waals surface area contributed by atoms with Gasteiger partial charge in [-0.25, -0.2) is 9.78 Å². The first-order valence-corrected chi connectivity index (χ1v) is 8.31. The molecule has 23 heavy (non-hydrogen) atoms. The van der Waals surface area contributed by atoms with Gasteiger partial charge in [-0.3, -0.25) is 0 Å². The molecule has 124 valence electrons. The molecule has 5 nitrogen and oxygen atoms in total. The Bertz CT molecular complexity index is 662. The van der Waals surface area contributed by atoms with Crippen LogP contribution in [-0.4, -0.2) is 40.2 Å². The Morgan fingerprint density at radius 3 is 2.61 bits per heavy atom. The van der Waals surface area contributed by atoms with Crippen molar-refractivity contribution in [1.82, 2.24) is 15.2 Å². The molecule has 0 unspecified atom stereocenters. The van der Waals surface area contributed by atoms with Gasteiger partial charge in [-0.15, -0.1) is 11.3 Å². The van der Waals surface area contributed by atoms with Gasteiger partial charge in [0.15, 0.2) is 0 Å². The van der Waals surface area contributed by atoms with Crippen LogP contribution in [-0.2, 0) is 6.54 Å². The molecular weight excluding hydrogens is 310 g/mol. The monoisotopic (exact) mass is 333 g/mol. The summed E-state index contributed by atoms with van der Waals surface area (Å²) in [6, 6.07) is 9.79. The molecule has 0 saturated carbocycles. The Kier molecular flexibility index (Phi) is 5.38. The Morgan fingerprint density at radius 2 is 2.00 bits per heavy atom. The van der Waals surface area contributed by atoms with E-state index in [9.17, 15) is 9.90 Å². The minimum atomic E-state index is -0.910. The largest absolute Gasteiger partial charge is 0.389 e. The van der Waals surface area contributed by atoms with Crippen LogP contribution in [0.5, 0.6) is 0 Å². The van der Waals surface area contributed by atoms with Gasteiger partial charge in [0.05, 0.1) is 24.4 Å². The summed E-state index contributed by atoms with van der Waals surface area (Å²) in [6.07, 6.45) is 0. The highest BCUT2D eigenvalue weighted by atomic mass is 32.1. The fourth-order valence-corrected chi connectivity index (χ4v) is 3.25. The van der Waals surface area contributed by atoms with Gasteiger partial charge in [-0.1, -0.05) is 30.3 Å². The molecule has 2 N–H and O–H groups in total. The number of nitrogens with one attached hydrogen (secondary N) is 1. The maximum absolute atomic E-state index is 12.1. The number of aromatic nitrogens is 1. The van der Waals surface area contributed by atoms with Crippen LogP contribution < -0.4 is 5.32 Å². The van der Waals surface area contributed by atoms with Crippen LogP contribution in [0.4, 0.5) is 4.79 Å². The Hall–Kier alpha value is -1.92. The first kappa shape index (κ1) is 17.4. The smallest absolute Gasteiger partial charge is 0.317 e. The summed E-state index contributed by atoms with van der Waals surface area (Å²) in [6.45, 7) is 6.01. The van der Waals surface area contributed by atoms with Gasteiger partial charge in [-0.2, -0.15) is 0 Å². The molecule has 6 heteroatoms. The molecule has 2 amide bonds. The lowest BCUT2D eigenvalue weighted by molar-refractivity contribution is 0.0531. The maximum atomic E-state index is 12.1. The summed E-state index contributed by atoms with van der Waals surface area (Å²) in [5.41, 5.74) is 1.10. The van der Waals surface area contributed by atoms with E-state index in [4.69, 9.17) is 0 Å². The van der Waals surface area contributed by atoms with E-state index in [-0.39, 0.29) is 12.6 Å². The number of carbonyl (C=O) groups excluding carboxylic acids is 1. The second-order valence-electron chi connectivity index (χ2n) is 6.22. The van der Waals surface area contributed by atoms with Crippen molar-refractivity contribution in [3.05, 3.63) is 40.9 Å². The molecular formula is C17H23N3O2S. The normalized spacial score (nSPS) is 11.3. The number of aliphatic hydroxyl groups is 1. The molecule has 2 aromatic rings. The van der Waals surface area contributed by atoms with Crippen molar-refractivity contribution in [3.63, 3.8) is 0 Å². The SMILES string of the molecule is Cc1nc(-c2ccccc2)sc1CNC(=O)N(C)CC(C)(C)O. The summed E-state index contributed by atoms with van der Waals surface area (Å²) in [4.78, 5) is 19.2. The Morgan fingerprint density at radius 1 is 1.35 bits per heavy atom. The molecule has 0 aliphatic rings. The van der Waals surface area contributed by atoms with Crippen molar-refractivity contribution >= 4 is 17.4 Å². The van der Waals surface area contributed by atoms with E-state index in [1.807, 2.05) is 37.3 Å². The third kappa shape index (κ3) is 5.04. The van der Waals surface area contributed by atoms with Gasteiger partial charge < -0.3 is 15.3 Å². The van der Waals surface area contributed by atoms with Crippen LogP contribution >= 0.6 is 11.3 Å². The number of urea groups is 1. The zero-order valence-corrected chi connectivity index (χ0v) is 14.8. The average Bonchev–Trinajstić information content (AvgIpc) is 2.85. The highest BCUT2D eigenvalue weighted by Crippen LogP contribution is 2.27. The summed E-state index contributed by atoms with van der Waals surface area (Å²) in [5.74, 6) is 0. The van der Waals surface area contributed by atoms with Crippen LogP contribution in [0.25, 0.3) is 10.6 Å². The van der Waals surface area contributed by atoms with E-state index in [2.05, 4.69) is 10.3 Å². The Labute approximate surface area is 141 Å². The molecule has 0 saturated heterocycles. The number of benzene rings is 1. The first-order valence-electron chi connectivity index (χ1n) is 7.49. The number of hydrogen-bond acceptors (Lipinski definition) is 4. The summed E-state index contributed by atoms with van der Waals surface area (Å²) >= 11 is 1.59. The number of amides is 2. The minimum Gasteiger partial charge on any atom is -0.389 e. The van der Waals surface area contributed by atoms with Crippen LogP contribution in [0.3, 0.4) is 0 Å². The predicted molar refractivity (Wildman–Crippen MR) is 93.5 cm³/mol. The van der Waals surface area contributed by atoms with E-state index >= 15 is 0 Å². The standard InChI is InChI=1S/C17H23N3O2S/c1-12-14(10-18-16(21)20(4)11-17(2,3)22)23-15(19-12)13-8-6-5-7-9-13/h5-9,22H,10-11H2,1-4H3,(H,18,21). The fraction of sp³-hybridized carbons (Fsp3) is 0.412. The third-order valence-electron chi connectivity index (χ3n) is 3.28. The van der Waals surface area contributed by atoms with Crippen molar-refractivity contribution in [1.29, 1.82) is 0 Å². The lowest BCUT2D eigenvalue weighted by atomic mass is 10.1. The van der Waals surface area contributed by atoms with E-state index in [1.165, 1.54) is 4.90 Å². The molecule has 0 atom stereocenters. The number of thiazole rings is 1. The molecule has 0 bridgehead atoms. The quantitative estimate of drug-likeness (QED) is 0.884. The average molecular weight is 333 g/mol. The van der Waals surface area contributed by atoms with Crippen LogP contribution in [0.2, 0.25) is 0 Å². The zero-order chi connectivity index (χ0) is 17.0. The van der Waals surface area contributed by atoms with E-state index in [1.54, 1.807) is 32.2 Å². The molecule has 0 aliphatic carbocycles. The second kappa shape index (κ2) is 7.10. The molecule has 0 spiro atoms. The van der Waals surface area contributed by atoms with Gasteiger partial charge in [0.1, 0.15) is 5.01 Å². The predicted octanol–water partition coefficient (Wildman–Crippen LogP) is 3.03. The number of hydrogen-bond donors (Lipinski definition) is 2. The number of likely N-dealkylation sites (N-methyl/N-ethyl adjacent to an activating group) is 1. The summed E-state index contributed by atoms with van der Waals surface area (Å²) < 4.78 is 0. The maximum Gasteiger partial charge on any atom is 0.317 e. The molecule has 2 rings (SSSR count). The lowest BCUT2D eigenvalue weighted by Gasteiger charge is -2.25. The van der Waals surface area contributed by atoms with Crippen LogP contribution in [0.15, 0.2) is 30.3 Å². The second-order valence-corrected chi connectivity index (χ2v) is 7.30. The number of aryl methyl sites for hydroxylation is 1. The summed E-state index contributed by atoms with van der Waals surface area (Å²) in [5, 5.41) is 13.6. The Balaban J connectivity index is 1.99. The third-order valence-corrected chi connectivity index (χ3v) is 4.49. The molecule has 0 radical (unpaired) electrons. The van der Waals surface area contributed by atoms with Crippen LogP contribution in [0.1, 0.15) is 24.4 Å². The number of nitrogens with zero attached hydrogens (tertiary/aromatic N) is 2. The lowest BCUT2D eigenvalue weighted by Crippen LogP contribution is -2.44. The van der Waals surface area contributed by atoms with Gasteiger partial charge in [-0.05, 0) is 20.8 Å². The van der Waals surface area contributed by atoms with E-state index in [0.717, 1.165) is 21.1 Å². The molecule has 1 aromatic heterocycles. The molecule has 0 aliphatic heterocycles. The van der Waals surface area contributed by atoms with Crippen molar-refractivity contribution in [3.8, 4) is 10.6 Å².